The largest absolute Gasteiger partial charge is 0.459 e. The Labute approximate surface area is 126 Å². The predicted molar refractivity (Wildman–Crippen MR) is 86.8 cm³/mol. The van der Waals surface area contributed by atoms with Crippen LogP contribution >= 0.6 is 0 Å². The zero-order valence-electron chi connectivity index (χ0n) is 13.9. The van der Waals surface area contributed by atoms with Crippen LogP contribution in [0.1, 0.15) is 91.4 Å². The first-order chi connectivity index (χ1) is 9.61. The number of hydrogen-bond acceptors (Lipinski definition) is 2. The highest BCUT2D eigenvalue weighted by molar-refractivity contribution is 5.87. The lowest BCUT2D eigenvalue weighted by Gasteiger charge is -2.16. The molecule has 1 unspecified atom stereocenters. The summed E-state index contributed by atoms with van der Waals surface area (Å²) < 4.78 is 5.39. The molecule has 0 aromatic heterocycles. The highest BCUT2D eigenvalue weighted by atomic mass is 16.5. The Bertz CT molecular complexity index is 258. The van der Waals surface area contributed by atoms with Crippen molar-refractivity contribution in [2.24, 2.45) is 0 Å². The molecule has 0 rings (SSSR count). The first kappa shape index (κ1) is 19.2. The van der Waals surface area contributed by atoms with Gasteiger partial charge in [-0.2, -0.15) is 0 Å². The van der Waals surface area contributed by atoms with Crippen molar-refractivity contribution in [2.45, 2.75) is 97.5 Å². The molecule has 20 heavy (non-hydrogen) atoms. The van der Waals surface area contributed by atoms with Gasteiger partial charge in [-0.15, -0.1) is 0 Å². The molecule has 0 fully saturated rings. The van der Waals surface area contributed by atoms with Crippen molar-refractivity contribution < 1.29 is 9.53 Å². The molecule has 0 aromatic carbocycles. The smallest absolute Gasteiger partial charge is 0.333 e. The molecule has 2 nitrogen and oxygen atoms in total. The van der Waals surface area contributed by atoms with Crippen molar-refractivity contribution in [2.75, 3.05) is 0 Å². The summed E-state index contributed by atoms with van der Waals surface area (Å²) in [5, 5.41) is 0. The third-order valence-corrected chi connectivity index (χ3v) is 3.71. The Hall–Kier alpha value is -0.790. The van der Waals surface area contributed by atoms with E-state index in [1.807, 2.05) is 0 Å². The molecule has 118 valence electrons. The molecule has 0 aliphatic heterocycles. The second-order valence-corrected chi connectivity index (χ2v) is 5.83. The average molecular weight is 282 g/mol. The van der Waals surface area contributed by atoms with E-state index in [9.17, 15) is 4.79 Å². The van der Waals surface area contributed by atoms with Crippen LogP contribution in [0.25, 0.3) is 0 Å². The Morgan fingerprint density at radius 3 is 1.90 bits per heavy atom. The summed E-state index contributed by atoms with van der Waals surface area (Å²) in [6, 6.07) is 0. The molecular weight excluding hydrogens is 248 g/mol. The van der Waals surface area contributed by atoms with E-state index in [4.69, 9.17) is 4.74 Å². The second-order valence-electron chi connectivity index (χ2n) is 5.83. The van der Waals surface area contributed by atoms with Crippen LogP contribution in [-0.4, -0.2) is 12.1 Å². The number of carbonyl (C=O) groups is 1. The van der Waals surface area contributed by atoms with E-state index < -0.39 is 0 Å². The highest BCUT2D eigenvalue weighted by Gasteiger charge is 2.12. The fourth-order valence-electron chi connectivity index (χ4n) is 2.28. The standard InChI is InChI=1S/C18H34O2/c1-5-7-8-9-10-11-12-13-14-15-17(6-2)20-18(19)16(3)4/h17H,3,5-15H2,1-2,4H3. The number of rotatable bonds is 13. The third kappa shape index (κ3) is 11.1. The molecule has 0 aromatic rings. The van der Waals surface area contributed by atoms with Gasteiger partial charge in [0.2, 0.25) is 0 Å². The van der Waals surface area contributed by atoms with E-state index in [1.54, 1.807) is 6.92 Å². The van der Waals surface area contributed by atoms with Gasteiger partial charge in [0.05, 0.1) is 0 Å². The summed E-state index contributed by atoms with van der Waals surface area (Å²) in [5.41, 5.74) is 0.496. The van der Waals surface area contributed by atoms with Crippen LogP contribution in [0.3, 0.4) is 0 Å². The summed E-state index contributed by atoms with van der Waals surface area (Å²) in [4.78, 5) is 11.5. The van der Waals surface area contributed by atoms with Crippen LogP contribution in [0.5, 0.6) is 0 Å². The number of esters is 1. The zero-order valence-corrected chi connectivity index (χ0v) is 13.9. The minimum absolute atomic E-state index is 0.0729. The van der Waals surface area contributed by atoms with Crippen LogP contribution in [0, 0.1) is 0 Å². The van der Waals surface area contributed by atoms with Crippen LogP contribution in [-0.2, 0) is 9.53 Å². The lowest BCUT2D eigenvalue weighted by atomic mass is 10.0. The van der Waals surface area contributed by atoms with Gasteiger partial charge < -0.3 is 4.74 Å². The van der Waals surface area contributed by atoms with Gasteiger partial charge in [0, 0.05) is 5.57 Å². The van der Waals surface area contributed by atoms with E-state index in [0.717, 1.165) is 19.3 Å². The summed E-state index contributed by atoms with van der Waals surface area (Å²) >= 11 is 0. The van der Waals surface area contributed by atoms with Gasteiger partial charge in [-0.1, -0.05) is 71.8 Å². The van der Waals surface area contributed by atoms with Crippen LogP contribution in [0.15, 0.2) is 12.2 Å². The maximum absolute atomic E-state index is 11.5. The van der Waals surface area contributed by atoms with Crippen LogP contribution < -0.4 is 0 Å². The third-order valence-electron chi connectivity index (χ3n) is 3.71. The highest BCUT2D eigenvalue weighted by Crippen LogP contribution is 2.14. The van der Waals surface area contributed by atoms with Gasteiger partial charge >= 0.3 is 5.97 Å². The van der Waals surface area contributed by atoms with Gasteiger partial charge in [-0.3, -0.25) is 0 Å². The SMILES string of the molecule is C=C(C)C(=O)OC(CC)CCCCCCCCCCC. The van der Waals surface area contributed by atoms with E-state index in [-0.39, 0.29) is 12.1 Å². The van der Waals surface area contributed by atoms with Gasteiger partial charge in [0.1, 0.15) is 6.10 Å². The lowest BCUT2D eigenvalue weighted by Crippen LogP contribution is -2.17. The van der Waals surface area contributed by atoms with Crippen LogP contribution in [0.2, 0.25) is 0 Å². The quantitative estimate of drug-likeness (QED) is 0.242. The van der Waals surface area contributed by atoms with E-state index in [1.165, 1.54) is 51.4 Å². The fourth-order valence-corrected chi connectivity index (χ4v) is 2.28. The lowest BCUT2D eigenvalue weighted by molar-refractivity contribution is -0.144. The summed E-state index contributed by atoms with van der Waals surface area (Å²) in [6.45, 7) is 9.65. The van der Waals surface area contributed by atoms with E-state index in [2.05, 4.69) is 20.4 Å². The maximum atomic E-state index is 11.5. The zero-order chi connectivity index (χ0) is 15.2. The van der Waals surface area contributed by atoms with Gasteiger partial charge in [-0.25, -0.2) is 4.79 Å². The fraction of sp³-hybridized carbons (Fsp3) is 0.833. The molecule has 0 saturated carbocycles. The molecular formula is C18H34O2. The summed E-state index contributed by atoms with van der Waals surface area (Å²) in [5.74, 6) is -0.243. The normalized spacial score (nSPS) is 12.2. The molecule has 0 radical (unpaired) electrons. The molecule has 0 amide bonds. The molecule has 1 atom stereocenters. The molecule has 0 aliphatic carbocycles. The second kappa shape index (κ2) is 13.2. The molecule has 0 bridgehead atoms. The molecule has 2 heteroatoms. The van der Waals surface area contributed by atoms with Crippen molar-refractivity contribution in [3.8, 4) is 0 Å². The molecule has 0 heterocycles. The monoisotopic (exact) mass is 282 g/mol. The number of carbonyl (C=O) groups excluding carboxylic acids is 1. The Kier molecular flexibility index (Phi) is 12.7. The van der Waals surface area contributed by atoms with E-state index >= 15 is 0 Å². The Morgan fingerprint density at radius 2 is 1.45 bits per heavy atom. The van der Waals surface area contributed by atoms with Crippen molar-refractivity contribution in [1.29, 1.82) is 0 Å². The Morgan fingerprint density at radius 1 is 0.950 bits per heavy atom. The number of unbranched alkanes of at least 4 members (excludes halogenated alkanes) is 8. The van der Waals surface area contributed by atoms with Gasteiger partial charge in [0.15, 0.2) is 0 Å². The minimum atomic E-state index is -0.243. The number of ether oxygens (including phenoxy) is 1. The molecule has 0 spiro atoms. The Balaban J connectivity index is 3.47. The maximum Gasteiger partial charge on any atom is 0.333 e. The molecule has 0 N–H and O–H groups in total. The molecule has 0 aliphatic rings. The topological polar surface area (TPSA) is 26.3 Å². The predicted octanol–water partition coefficient (Wildman–Crippen LogP) is 5.81. The first-order valence-electron chi connectivity index (χ1n) is 8.48. The average Bonchev–Trinajstić information content (AvgIpc) is 2.43. The summed E-state index contributed by atoms with van der Waals surface area (Å²) in [6.07, 6.45) is 13.9. The van der Waals surface area contributed by atoms with Crippen molar-refractivity contribution in [1.82, 2.24) is 0 Å². The van der Waals surface area contributed by atoms with Crippen molar-refractivity contribution >= 4 is 5.97 Å². The van der Waals surface area contributed by atoms with Gasteiger partial charge in [-0.05, 0) is 26.2 Å². The van der Waals surface area contributed by atoms with Crippen molar-refractivity contribution in [3.05, 3.63) is 12.2 Å². The first-order valence-corrected chi connectivity index (χ1v) is 8.48. The molecule has 0 saturated heterocycles. The van der Waals surface area contributed by atoms with Crippen LogP contribution in [0.4, 0.5) is 0 Å². The number of hydrogen-bond donors (Lipinski definition) is 0. The minimum Gasteiger partial charge on any atom is -0.459 e. The van der Waals surface area contributed by atoms with Crippen molar-refractivity contribution in [3.63, 3.8) is 0 Å². The van der Waals surface area contributed by atoms with E-state index in [0.29, 0.717) is 5.57 Å². The van der Waals surface area contributed by atoms with Gasteiger partial charge in [0.25, 0.3) is 0 Å². The summed E-state index contributed by atoms with van der Waals surface area (Å²) in [7, 11) is 0.